The van der Waals surface area contributed by atoms with Gasteiger partial charge in [-0.2, -0.15) is 5.26 Å². The summed E-state index contributed by atoms with van der Waals surface area (Å²) in [6, 6.07) is 11.3. The molecule has 0 spiro atoms. The third kappa shape index (κ3) is 2.95. The molecule has 1 heterocycles. The van der Waals surface area contributed by atoms with Crippen LogP contribution in [0.3, 0.4) is 0 Å². The van der Waals surface area contributed by atoms with E-state index >= 15 is 0 Å². The lowest BCUT2D eigenvalue weighted by atomic mass is 10.1. The van der Waals surface area contributed by atoms with Crippen molar-refractivity contribution in [1.82, 2.24) is 4.98 Å². The van der Waals surface area contributed by atoms with Crippen LogP contribution in [0.4, 0.5) is 5.69 Å². The largest absolute Gasteiger partial charge is 0.398 e. The van der Waals surface area contributed by atoms with Crippen LogP contribution in [0.25, 0.3) is 0 Å². The Hall–Kier alpha value is -1.70. The molecule has 1 aromatic carbocycles. The first-order valence-corrected chi connectivity index (χ1v) is 6.44. The number of anilines is 1. The molecule has 1 aromatic heterocycles. The van der Waals surface area contributed by atoms with Crippen molar-refractivity contribution in [1.29, 1.82) is 5.26 Å². The Balaban J connectivity index is 2.28. The van der Waals surface area contributed by atoms with Crippen molar-refractivity contribution in [2.24, 2.45) is 0 Å². The molecule has 5 heteroatoms. The van der Waals surface area contributed by atoms with Crippen molar-refractivity contribution in [3.63, 3.8) is 0 Å². The molecule has 0 atom stereocenters. The molecule has 0 amide bonds. The minimum atomic E-state index is 0.302. The van der Waals surface area contributed by atoms with Crippen LogP contribution in [0.2, 0.25) is 5.02 Å². The molecular formula is C13H10ClN3S. The van der Waals surface area contributed by atoms with E-state index in [9.17, 15) is 0 Å². The average molecular weight is 276 g/mol. The van der Waals surface area contributed by atoms with Gasteiger partial charge in [-0.25, -0.2) is 4.98 Å². The van der Waals surface area contributed by atoms with Crippen LogP contribution in [-0.4, -0.2) is 4.98 Å². The quantitative estimate of drug-likeness (QED) is 0.871. The van der Waals surface area contributed by atoms with E-state index in [2.05, 4.69) is 11.1 Å². The summed E-state index contributed by atoms with van der Waals surface area (Å²) < 4.78 is 0. The van der Waals surface area contributed by atoms with E-state index in [1.165, 1.54) is 11.8 Å². The first-order valence-electron chi connectivity index (χ1n) is 5.24. The SMILES string of the molecule is N#CCc1cc(Sc2ncccc2Cl)ccc1N. The maximum atomic E-state index is 8.72. The molecule has 18 heavy (non-hydrogen) atoms. The third-order valence-electron chi connectivity index (χ3n) is 2.32. The second-order valence-corrected chi connectivity index (χ2v) is 5.06. The molecule has 0 radical (unpaired) electrons. The van der Waals surface area contributed by atoms with Gasteiger partial charge in [0.25, 0.3) is 0 Å². The molecule has 0 fully saturated rings. The molecule has 0 aliphatic rings. The summed E-state index contributed by atoms with van der Waals surface area (Å²) in [7, 11) is 0. The predicted molar refractivity (Wildman–Crippen MR) is 73.5 cm³/mol. The van der Waals surface area contributed by atoms with Gasteiger partial charge in [0.1, 0.15) is 5.03 Å². The van der Waals surface area contributed by atoms with Crippen molar-refractivity contribution >= 4 is 29.1 Å². The van der Waals surface area contributed by atoms with Gasteiger partial charge in [-0.3, -0.25) is 0 Å². The number of benzene rings is 1. The molecule has 90 valence electrons. The lowest BCUT2D eigenvalue weighted by molar-refractivity contribution is 1.13. The van der Waals surface area contributed by atoms with E-state index < -0.39 is 0 Å². The number of nitrogens with zero attached hydrogens (tertiary/aromatic N) is 2. The van der Waals surface area contributed by atoms with E-state index in [4.69, 9.17) is 22.6 Å². The summed E-state index contributed by atoms with van der Waals surface area (Å²) in [5.74, 6) is 0. The summed E-state index contributed by atoms with van der Waals surface area (Å²) >= 11 is 7.50. The van der Waals surface area contributed by atoms with Crippen LogP contribution < -0.4 is 5.73 Å². The third-order valence-corrected chi connectivity index (χ3v) is 3.75. The topological polar surface area (TPSA) is 62.7 Å². The Morgan fingerprint density at radius 1 is 1.39 bits per heavy atom. The summed E-state index contributed by atoms with van der Waals surface area (Å²) in [6.07, 6.45) is 2.00. The maximum absolute atomic E-state index is 8.72. The Morgan fingerprint density at radius 2 is 2.22 bits per heavy atom. The molecule has 0 aliphatic heterocycles. The zero-order valence-corrected chi connectivity index (χ0v) is 11.0. The van der Waals surface area contributed by atoms with Crippen molar-refractivity contribution in [2.45, 2.75) is 16.3 Å². The second kappa shape index (κ2) is 5.76. The molecule has 2 rings (SSSR count). The van der Waals surface area contributed by atoms with Crippen molar-refractivity contribution in [3.05, 3.63) is 47.1 Å². The molecular weight excluding hydrogens is 266 g/mol. The number of halogens is 1. The predicted octanol–water partition coefficient (Wildman–Crippen LogP) is 3.53. The monoisotopic (exact) mass is 275 g/mol. The Labute approximate surface area is 115 Å². The fraction of sp³-hybridized carbons (Fsp3) is 0.0769. The Morgan fingerprint density at radius 3 is 2.94 bits per heavy atom. The average Bonchev–Trinajstić information content (AvgIpc) is 2.36. The zero-order chi connectivity index (χ0) is 13.0. The lowest BCUT2D eigenvalue weighted by Gasteiger charge is -2.06. The number of nitrogen functional groups attached to an aromatic ring is 1. The highest BCUT2D eigenvalue weighted by Crippen LogP contribution is 2.32. The van der Waals surface area contributed by atoms with Crippen LogP contribution in [0.5, 0.6) is 0 Å². The lowest BCUT2D eigenvalue weighted by Crippen LogP contribution is -1.93. The Bertz CT molecular complexity index is 607. The molecule has 0 saturated heterocycles. The fourth-order valence-electron chi connectivity index (χ4n) is 1.44. The van der Waals surface area contributed by atoms with Gasteiger partial charge in [-0.15, -0.1) is 0 Å². The van der Waals surface area contributed by atoms with E-state index in [0.717, 1.165) is 15.5 Å². The molecule has 0 saturated carbocycles. The van der Waals surface area contributed by atoms with Gasteiger partial charge in [-0.1, -0.05) is 23.4 Å². The maximum Gasteiger partial charge on any atom is 0.119 e. The summed E-state index contributed by atoms with van der Waals surface area (Å²) in [6.45, 7) is 0. The number of hydrogen-bond donors (Lipinski definition) is 1. The molecule has 2 aromatic rings. The van der Waals surface area contributed by atoms with E-state index in [1.54, 1.807) is 24.4 Å². The van der Waals surface area contributed by atoms with Crippen LogP contribution in [0.15, 0.2) is 46.5 Å². The van der Waals surface area contributed by atoms with Gasteiger partial charge in [0.2, 0.25) is 0 Å². The molecule has 0 unspecified atom stereocenters. The summed E-state index contributed by atoms with van der Waals surface area (Å²) in [5, 5.41) is 10.1. The van der Waals surface area contributed by atoms with Gasteiger partial charge >= 0.3 is 0 Å². The standard InChI is InChI=1S/C13H10ClN3S/c14-11-2-1-7-17-13(11)18-10-3-4-12(16)9(8-10)5-6-15/h1-4,7-8H,5,16H2. The fourth-order valence-corrected chi connectivity index (χ4v) is 2.52. The number of pyridine rings is 1. The van der Waals surface area contributed by atoms with Gasteiger partial charge in [0.15, 0.2) is 0 Å². The van der Waals surface area contributed by atoms with Crippen LogP contribution in [0, 0.1) is 11.3 Å². The first kappa shape index (κ1) is 12.7. The van der Waals surface area contributed by atoms with E-state index in [1.807, 2.05) is 12.1 Å². The number of nitriles is 1. The smallest absolute Gasteiger partial charge is 0.119 e. The Kier molecular flexibility index (Phi) is 4.08. The normalized spacial score (nSPS) is 10.0. The molecule has 0 aliphatic carbocycles. The minimum Gasteiger partial charge on any atom is -0.398 e. The van der Waals surface area contributed by atoms with Crippen molar-refractivity contribution in [3.8, 4) is 6.07 Å². The number of aromatic nitrogens is 1. The first-order chi connectivity index (χ1) is 8.70. The second-order valence-electron chi connectivity index (χ2n) is 3.59. The molecule has 2 N–H and O–H groups in total. The highest BCUT2D eigenvalue weighted by Gasteiger charge is 2.06. The highest BCUT2D eigenvalue weighted by molar-refractivity contribution is 7.99. The number of hydrogen-bond acceptors (Lipinski definition) is 4. The van der Waals surface area contributed by atoms with Crippen LogP contribution in [0.1, 0.15) is 5.56 Å². The van der Waals surface area contributed by atoms with Crippen molar-refractivity contribution in [2.75, 3.05) is 5.73 Å². The van der Waals surface area contributed by atoms with E-state index in [0.29, 0.717) is 17.1 Å². The molecule has 0 bridgehead atoms. The van der Waals surface area contributed by atoms with Gasteiger partial charge in [0, 0.05) is 16.8 Å². The van der Waals surface area contributed by atoms with E-state index in [-0.39, 0.29) is 0 Å². The van der Waals surface area contributed by atoms with Crippen LogP contribution in [-0.2, 0) is 6.42 Å². The van der Waals surface area contributed by atoms with Crippen LogP contribution >= 0.6 is 23.4 Å². The minimum absolute atomic E-state index is 0.302. The number of nitrogens with two attached hydrogens (primary N) is 1. The zero-order valence-electron chi connectivity index (χ0n) is 9.43. The summed E-state index contributed by atoms with van der Waals surface area (Å²) in [5.41, 5.74) is 7.26. The van der Waals surface area contributed by atoms with Gasteiger partial charge in [-0.05, 0) is 35.9 Å². The van der Waals surface area contributed by atoms with Crippen molar-refractivity contribution < 1.29 is 0 Å². The van der Waals surface area contributed by atoms with Gasteiger partial charge in [0.05, 0.1) is 17.5 Å². The highest BCUT2D eigenvalue weighted by atomic mass is 35.5. The molecule has 3 nitrogen and oxygen atoms in total. The van der Waals surface area contributed by atoms with Gasteiger partial charge < -0.3 is 5.73 Å². The number of rotatable bonds is 3. The summed E-state index contributed by atoms with van der Waals surface area (Å²) in [4.78, 5) is 5.17.